The second-order valence-electron chi connectivity index (χ2n) is 11.7. The van der Waals surface area contributed by atoms with Gasteiger partial charge in [0.2, 0.25) is 0 Å². The van der Waals surface area contributed by atoms with E-state index >= 15 is 0 Å². The number of phenols is 1. The van der Waals surface area contributed by atoms with E-state index in [2.05, 4.69) is 42.9 Å². The van der Waals surface area contributed by atoms with Gasteiger partial charge in [-0.05, 0) is 87.6 Å². The molecule has 0 radical (unpaired) electrons. The third kappa shape index (κ3) is 5.34. The fourth-order valence-electron chi connectivity index (χ4n) is 5.96. The van der Waals surface area contributed by atoms with E-state index in [1.807, 2.05) is 60.6 Å². The number of carbonyl (C=O) groups is 1. The first-order chi connectivity index (χ1) is 21.0. The summed E-state index contributed by atoms with van der Waals surface area (Å²) in [5.74, 6) is 1.20. The quantitative estimate of drug-likeness (QED) is 0.171. The van der Waals surface area contributed by atoms with Crippen molar-refractivity contribution < 1.29 is 14.6 Å². The maximum Gasteiger partial charge on any atom is 0.161 e. The zero-order valence-electron chi connectivity index (χ0n) is 24.4. The third-order valence-electron chi connectivity index (χ3n) is 8.71. The molecule has 2 N–H and O–H groups in total. The van der Waals surface area contributed by atoms with Crippen molar-refractivity contribution in [2.24, 2.45) is 0 Å². The second-order valence-corrected chi connectivity index (χ2v) is 11.7. The number of rotatable bonds is 9. The summed E-state index contributed by atoms with van der Waals surface area (Å²) in [7, 11) is 4.00. The number of fused-ring (bicyclic) bond motifs is 1. The highest BCUT2D eigenvalue weighted by Gasteiger charge is 2.25. The molecule has 10 heteroatoms. The van der Waals surface area contributed by atoms with Gasteiger partial charge in [0.15, 0.2) is 13.0 Å². The Balaban J connectivity index is 1.14. The van der Waals surface area contributed by atoms with Crippen molar-refractivity contribution in [1.29, 1.82) is 0 Å². The number of likely N-dealkylation sites (tertiary alicyclic amines) is 1. The van der Waals surface area contributed by atoms with Crippen LogP contribution in [0.15, 0.2) is 61.2 Å². The average molecular weight is 578 g/mol. The van der Waals surface area contributed by atoms with Crippen molar-refractivity contribution in [2.75, 3.05) is 38.8 Å². The molecule has 1 aliphatic heterocycles. The summed E-state index contributed by atoms with van der Waals surface area (Å²) in [4.78, 5) is 28.2. The van der Waals surface area contributed by atoms with Gasteiger partial charge in [-0.15, -0.1) is 0 Å². The van der Waals surface area contributed by atoms with Crippen LogP contribution in [0.3, 0.4) is 0 Å². The number of nitrogens with zero attached hydrogens (tertiary/aromatic N) is 6. The van der Waals surface area contributed by atoms with Crippen molar-refractivity contribution in [1.82, 2.24) is 29.6 Å². The first-order valence-corrected chi connectivity index (χ1v) is 14.8. The molecule has 0 unspecified atom stereocenters. The van der Waals surface area contributed by atoms with Crippen LogP contribution in [0.25, 0.3) is 33.5 Å². The maximum absolute atomic E-state index is 11.6. The molecule has 0 spiro atoms. The molecular formula is C33H35N7O3. The van der Waals surface area contributed by atoms with Crippen molar-refractivity contribution in [3.63, 3.8) is 0 Å². The fourth-order valence-corrected chi connectivity index (χ4v) is 5.96. The van der Waals surface area contributed by atoms with E-state index in [0.717, 1.165) is 48.9 Å². The smallest absolute Gasteiger partial charge is 0.161 e. The van der Waals surface area contributed by atoms with Gasteiger partial charge >= 0.3 is 0 Å². The molecule has 7 rings (SSSR count). The monoisotopic (exact) mass is 577 g/mol. The largest absolute Gasteiger partial charge is 0.505 e. The number of aromatic amines is 1. The molecule has 4 heterocycles. The van der Waals surface area contributed by atoms with Crippen molar-refractivity contribution in [3.8, 4) is 34.0 Å². The zero-order valence-corrected chi connectivity index (χ0v) is 24.4. The molecule has 5 aromatic rings. The number of H-pyrrole nitrogens is 1. The topological polar surface area (TPSA) is 112 Å². The van der Waals surface area contributed by atoms with Crippen molar-refractivity contribution in [2.45, 2.75) is 37.6 Å². The number of nitrogens with one attached hydrogen (secondary N) is 1. The second kappa shape index (κ2) is 11.2. The Bertz CT molecular complexity index is 1780. The molecule has 10 nitrogen and oxygen atoms in total. The van der Waals surface area contributed by atoms with Gasteiger partial charge in [0.1, 0.15) is 23.5 Å². The van der Waals surface area contributed by atoms with Crippen LogP contribution in [0.1, 0.15) is 53.6 Å². The molecule has 2 aromatic carbocycles. The van der Waals surface area contributed by atoms with Gasteiger partial charge in [-0.25, -0.2) is 9.97 Å². The van der Waals surface area contributed by atoms with Crippen LogP contribution >= 0.6 is 0 Å². The number of aromatic nitrogens is 5. The Labute approximate surface area is 249 Å². The van der Waals surface area contributed by atoms with Gasteiger partial charge in [-0.3, -0.25) is 9.48 Å². The molecule has 0 atom stereocenters. The highest BCUT2D eigenvalue weighted by molar-refractivity contribution is 5.96. The van der Waals surface area contributed by atoms with Crippen molar-refractivity contribution in [3.05, 3.63) is 72.3 Å². The molecular weight excluding hydrogens is 542 g/mol. The summed E-state index contributed by atoms with van der Waals surface area (Å²) in [6.45, 7) is 2.30. The number of phenolic OH excluding ortho intramolecular Hbond substituents is 1. The van der Waals surface area contributed by atoms with Crippen LogP contribution < -0.4 is 9.64 Å². The van der Waals surface area contributed by atoms with E-state index in [-0.39, 0.29) is 12.5 Å². The molecule has 2 aliphatic rings. The van der Waals surface area contributed by atoms with Gasteiger partial charge < -0.3 is 24.6 Å². The highest BCUT2D eigenvalue weighted by Crippen LogP contribution is 2.42. The Morgan fingerprint density at radius 2 is 1.95 bits per heavy atom. The number of hydrogen-bond donors (Lipinski definition) is 2. The molecule has 220 valence electrons. The Morgan fingerprint density at radius 3 is 2.74 bits per heavy atom. The summed E-state index contributed by atoms with van der Waals surface area (Å²) < 4.78 is 8.16. The SMILES string of the molecule is CN1CCC(n2cc(-c3cc4c(-c5cccc(N(C)COc6cc(C7CC7)ccc6C=O)c5O)ncnc4[nH]3)cn2)CC1. The number of ether oxygens (including phenoxy) is 1. The lowest BCUT2D eigenvalue weighted by Crippen LogP contribution is -2.31. The first-order valence-electron chi connectivity index (χ1n) is 14.8. The zero-order chi connectivity index (χ0) is 29.5. The van der Waals surface area contributed by atoms with Crippen LogP contribution in [0.4, 0.5) is 5.69 Å². The number of piperidine rings is 1. The van der Waals surface area contributed by atoms with E-state index in [9.17, 15) is 9.90 Å². The van der Waals surface area contributed by atoms with E-state index < -0.39 is 0 Å². The van der Waals surface area contributed by atoms with Crippen LogP contribution in [0.5, 0.6) is 11.5 Å². The third-order valence-corrected chi connectivity index (χ3v) is 8.71. The van der Waals surface area contributed by atoms with Gasteiger partial charge in [-0.2, -0.15) is 5.10 Å². The Morgan fingerprint density at radius 1 is 1.12 bits per heavy atom. The predicted molar refractivity (Wildman–Crippen MR) is 166 cm³/mol. The standard InChI is InChI=1S/C33H35N7O3/c1-38-12-10-25(11-13-38)40-17-24(16-36-40)28-15-27-31(34-19-35-33(27)37-28)26-4-3-5-29(32(26)42)39(2)20-43-30-14-22(21-6-7-21)8-9-23(30)18-41/h3-5,8-9,14-19,21,25,42H,6-7,10-13,20H2,1-2H3,(H,34,35,37). The molecule has 0 bridgehead atoms. The van der Waals surface area contributed by atoms with Gasteiger partial charge in [0.05, 0.1) is 34.9 Å². The molecule has 0 amide bonds. The molecule has 3 aromatic heterocycles. The van der Waals surface area contributed by atoms with Gasteiger partial charge in [-0.1, -0.05) is 12.1 Å². The summed E-state index contributed by atoms with van der Waals surface area (Å²) in [5, 5.41) is 16.9. The number of para-hydroxylation sites is 1. The average Bonchev–Trinajstić information content (AvgIpc) is 3.59. The van der Waals surface area contributed by atoms with Crippen LogP contribution in [0, 0.1) is 0 Å². The van der Waals surface area contributed by atoms with Gasteiger partial charge in [0, 0.05) is 29.8 Å². The fraction of sp³-hybridized carbons (Fsp3) is 0.333. The highest BCUT2D eigenvalue weighted by atomic mass is 16.5. The number of carbonyl (C=O) groups excluding carboxylic acids is 1. The minimum atomic E-state index is 0.0915. The summed E-state index contributed by atoms with van der Waals surface area (Å²) >= 11 is 0. The first kappa shape index (κ1) is 27.2. The Kier molecular flexibility index (Phi) is 7.06. The molecule has 1 aliphatic carbocycles. The minimum Gasteiger partial charge on any atom is -0.505 e. The lowest BCUT2D eigenvalue weighted by atomic mass is 10.1. The van der Waals surface area contributed by atoms with Crippen LogP contribution in [-0.2, 0) is 0 Å². The van der Waals surface area contributed by atoms with E-state index in [1.165, 1.54) is 24.7 Å². The van der Waals surface area contributed by atoms with Crippen molar-refractivity contribution >= 4 is 23.0 Å². The van der Waals surface area contributed by atoms with Crippen LogP contribution in [0.2, 0.25) is 0 Å². The van der Waals surface area contributed by atoms with E-state index in [1.54, 1.807) is 0 Å². The Hall–Kier alpha value is -4.70. The molecule has 43 heavy (non-hydrogen) atoms. The molecule has 1 saturated carbocycles. The maximum atomic E-state index is 11.6. The lowest BCUT2D eigenvalue weighted by Gasteiger charge is -2.28. The molecule has 2 fully saturated rings. The summed E-state index contributed by atoms with van der Waals surface area (Å²) in [6.07, 6.45) is 10.8. The van der Waals surface area contributed by atoms with E-state index in [0.29, 0.717) is 45.9 Å². The lowest BCUT2D eigenvalue weighted by molar-refractivity contribution is 0.111. The molecule has 1 saturated heterocycles. The number of anilines is 1. The minimum absolute atomic E-state index is 0.0915. The number of benzene rings is 2. The normalized spacial score (nSPS) is 16.0. The predicted octanol–water partition coefficient (Wildman–Crippen LogP) is 5.62. The number of aldehydes is 1. The van der Waals surface area contributed by atoms with E-state index in [4.69, 9.17) is 4.74 Å². The van der Waals surface area contributed by atoms with Crippen LogP contribution in [-0.4, -0.2) is 74.9 Å². The van der Waals surface area contributed by atoms with Gasteiger partial charge in [0.25, 0.3) is 0 Å². The number of hydrogen-bond acceptors (Lipinski definition) is 8. The summed E-state index contributed by atoms with van der Waals surface area (Å²) in [6, 6.07) is 13.8. The summed E-state index contributed by atoms with van der Waals surface area (Å²) in [5.41, 5.74) is 6.09. The number of aromatic hydroxyl groups is 1.